The molecule has 106 valence electrons. The summed E-state index contributed by atoms with van der Waals surface area (Å²) in [5.41, 5.74) is 1.57. The summed E-state index contributed by atoms with van der Waals surface area (Å²) in [5, 5.41) is 11.6. The van der Waals surface area contributed by atoms with Gasteiger partial charge in [0.25, 0.3) is 5.91 Å². The van der Waals surface area contributed by atoms with E-state index in [9.17, 15) is 4.79 Å². The van der Waals surface area contributed by atoms with Crippen LogP contribution >= 0.6 is 0 Å². The third-order valence-electron chi connectivity index (χ3n) is 2.61. The van der Waals surface area contributed by atoms with E-state index in [-0.39, 0.29) is 12.5 Å². The molecular weight excluding hydrogens is 242 g/mol. The molecule has 2 N–H and O–H groups in total. The quantitative estimate of drug-likeness (QED) is 0.743. The predicted octanol–water partition coefficient (Wildman–Crippen LogP) is 2.14. The summed E-state index contributed by atoms with van der Waals surface area (Å²) in [6, 6.07) is 5.54. The van der Waals surface area contributed by atoms with Gasteiger partial charge in [-0.25, -0.2) is 0 Å². The molecule has 0 aliphatic heterocycles. The minimum absolute atomic E-state index is 0.0841. The molecule has 0 saturated heterocycles. The molecule has 1 aromatic rings. The van der Waals surface area contributed by atoms with E-state index in [4.69, 9.17) is 9.84 Å². The van der Waals surface area contributed by atoms with Gasteiger partial charge in [0.15, 0.2) is 0 Å². The van der Waals surface area contributed by atoms with E-state index in [0.717, 1.165) is 5.56 Å². The molecule has 0 fully saturated rings. The molecule has 1 rings (SSSR count). The van der Waals surface area contributed by atoms with Gasteiger partial charge in [-0.05, 0) is 25.0 Å². The third-order valence-corrected chi connectivity index (χ3v) is 2.61. The molecule has 4 nitrogen and oxygen atoms in total. The molecule has 0 aliphatic rings. The standard InChI is InChI=1S/C15H23NO3/c1-11(2)10-16-15(18)13-9-12(3)5-6-14(13)19-8-4-7-17/h5-6,9,11,17H,4,7-8,10H2,1-3H3,(H,16,18). The second kappa shape index (κ2) is 7.79. The Labute approximate surface area is 114 Å². The largest absolute Gasteiger partial charge is 0.493 e. The molecule has 4 heteroatoms. The van der Waals surface area contributed by atoms with Crippen molar-refractivity contribution in [2.24, 2.45) is 5.92 Å². The molecule has 0 radical (unpaired) electrons. The van der Waals surface area contributed by atoms with Gasteiger partial charge in [0, 0.05) is 19.6 Å². The first-order valence-corrected chi connectivity index (χ1v) is 6.67. The fourth-order valence-electron chi connectivity index (χ4n) is 1.59. The molecule has 0 saturated carbocycles. The van der Waals surface area contributed by atoms with Gasteiger partial charge in [-0.15, -0.1) is 0 Å². The smallest absolute Gasteiger partial charge is 0.255 e. The van der Waals surface area contributed by atoms with Crippen LogP contribution in [0.3, 0.4) is 0 Å². The van der Waals surface area contributed by atoms with E-state index in [0.29, 0.717) is 36.8 Å². The van der Waals surface area contributed by atoms with Crippen LogP contribution in [-0.2, 0) is 0 Å². The lowest BCUT2D eigenvalue weighted by Crippen LogP contribution is -2.27. The van der Waals surface area contributed by atoms with Crippen LogP contribution in [0.15, 0.2) is 18.2 Å². The number of hydrogen-bond donors (Lipinski definition) is 2. The van der Waals surface area contributed by atoms with Crippen molar-refractivity contribution in [3.8, 4) is 5.75 Å². The van der Waals surface area contributed by atoms with Gasteiger partial charge in [-0.2, -0.15) is 0 Å². The molecule has 0 unspecified atom stereocenters. The van der Waals surface area contributed by atoms with Crippen LogP contribution in [0.4, 0.5) is 0 Å². The maximum absolute atomic E-state index is 12.1. The Bertz CT molecular complexity index is 416. The summed E-state index contributed by atoms with van der Waals surface area (Å²) in [4.78, 5) is 12.1. The molecule has 0 bridgehead atoms. The van der Waals surface area contributed by atoms with Crippen LogP contribution in [-0.4, -0.2) is 30.8 Å². The Hall–Kier alpha value is -1.55. The van der Waals surface area contributed by atoms with Crippen molar-refractivity contribution in [2.45, 2.75) is 27.2 Å². The number of nitrogens with one attached hydrogen (secondary N) is 1. The highest BCUT2D eigenvalue weighted by Gasteiger charge is 2.13. The van der Waals surface area contributed by atoms with Crippen molar-refractivity contribution in [2.75, 3.05) is 19.8 Å². The summed E-state index contributed by atoms with van der Waals surface area (Å²) in [7, 11) is 0. The molecule has 0 atom stereocenters. The minimum Gasteiger partial charge on any atom is -0.493 e. The molecular formula is C15H23NO3. The SMILES string of the molecule is Cc1ccc(OCCCO)c(C(=O)NCC(C)C)c1. The van der Waals surface area contributed by atoms with Gasteiger partial charge >= 0.3 is 0 Å². The summed E-state index contributed by atoms with van der Waals surface area (Å²) >= 11 is 0. The lowest BCUT2D eigenvalue weighted by molar-refractivity contribution is 0.0944. The van der Waals surface area contributed by atoms with Crippen LogP contribution in [0.1, 0.15) is 36.2 Å². The molecule has 0 heterocycles. The molecule has 19 heavy (non-hydrogen) atoms. The van der Waals surface area contributed by atoms with Gasteiger partial charge in [-0.3, -0.25) is 4.79 Å². The number of ether oxygens (including phenoxy) is 1. The number of aryl methyl sites for hydroxylation is 1. The maximum atomic E-state index is 12.1. The fraction of sp³-hybridized carbons (Fsp3) is 0.533. The normalized spacial score (nSPS) is 10.6. The Morgan fingerprint density at radius 3 is 2.79 bits per heavy atom. The van der Waals surface area contributed by atoms with Crippen LogP contribution in [0.25, 0.3) is 0 Å². The number of benzene rings is 1. The van der Waals surface area contributed by atoms with Gasteiger partial charge in [0.2, 0.25) is 0 Å². The van der Waals surface area contributed by atoms with E-state index in [1.807, 2.05) is 19.1 Å². The highest BCUT2D eigenvalue weighted by atomic mass is 16.5. The van der Waals surface area contributed by atoms with Gasteiger partial charge in [-0.1, -0.05) is 25.5 Å². The highest BCUT2D eigenvalue weighted by Crippen LogP contribution is 2.20. The second-order valence-electron chi connectivity index (χ2n) is 5.03. The number of rotatable bonds is 7. The molecule has 0 spiro atoms. The summed E-state index contributed by atoms with van der Waals surface area (Å²) < 4.78 is 5.54. The zero-order chi connectivity index (χ0) is 14.3. The van der Waals surface area contributed by atoms with E-state index < -0.39 is 0 Å². The maximum Gasteiger partial charge on any atom is 0.255 e. The lowest BCUT2D eigenvalue weighted by Gasteiger charge is -2.13. The number of carbonyl (C=O) groups excluding carboxylic acids is 1. The van der Waals surface area contributed by atoms with Gasteiger partial charge < -0.3 is 15.2 Å². The number of carbonyl (C=O) groups is 1. The summed E-state index contributed by atoms with van der Waals surface area (Å²) in [5.74, 6) is 0.865. The van der Waals surface area contributed by atoms with Crippen LogP contribution in [0, 0.1) is 12.8 Å². The van der Waals surface area contributed by atoms with E-state index >= 15 is 0 Å². The Morgan fingerprint density at radius 1 is 1.42 bits per heavy atom. The summed E-state index contributed by atoms with van der Waals surface area (Å²) in [6.45, 7) is 7.18. The Kier molecular flexibility index (Phi) is 6.36. The lowest BCUT2D eigenvalue weighted by atomic mass is 10.1. The third kappa shape index (κ3) is 5.30. The Morgan fingerprint density at radius 2 is 2.16 bits per heavy atom. The molecule has 1 aromatic carbocycles. The van der Waals surface area contributed by atoms with Crippen molar-refractivity contribution in [1.29, 1.82) is 0 Å². The van der Waals surface area contributed by atoms with Gasteiger partial charge in [0.1, 0.15) is 5.75 Å². The van der Waals surface area contributed by atoms with Crippen molar-refractivity contribution in [3.05, 3.63) is 29.3 Å². The predicted molar refractivity (Wildman–Crippen MR) is 75.5 cm³/mol. The van der Waals surface area contributed by atoms with Crippen molar-refractivity contribution < 1.29 is 14.6 Å². The number of hydrogen-bond acceptors (Lipinski definition) is 3. The topological polar surface area (TPSA) is 58.6 Å². The van der Waals surface area contributed by atoms with E-state index in [2.05, 4.69) is 19.2 Å². The first-order chi connectivity index (χ1) is 9.04. The van der Waals surface area contributed by atoms with Crippen molar-refractivity contribution in [1.82, 2.24) is 5.32 Å². The fourth-order valence-corrected chi connectivity index (χ4v) is 1.59. The number of aliphatic hydroxyl groups is 1. The monoisotopic (exact) mass is 265 g/mol. The van der Waals surface area contributed by atoms with E-state index in [1.165, 1.54) is 0 Å². The van der Waals surface area contributed by atoms with Crippen LogP contribution in [0.5, 0.6) is 5.75 Å². The van der Waals surface area contributed by atoms with Gasteiger partial charge in [0.05, 0.1) is 12.2 Å². The molecule has 0 aromatic heterocycles. The van der Waals surface area contributed by atoms with Crippen molar-refractivity contribution >= 4 is 5.91 Å². The first kappa shape index (κ1) is 15.5. The average molecular weight is 265 g/mol. The Balaban J connectivity index is 2.77. The molecule has 1 amide bonds. The first-order valence-electron chi connectivity index (χ1n) is 6.67. The highest BCUT2D eigenvalue weighted by molar-refractivity contribution is 5.97. The molecule has 0 aliphatic carbocycles. The second-order valence-corrected chi connectivity index (χ2v) is 5.03. The average Bonchev–Trinajstić information content (AvgIpc) is 2.37. The van der Waals surface area contributed by atoms with Crippen LogP contribution < -0.4 is 10.1 Å². The zero-order valence-electron chi connectivity index (χ0n) is 11.9. The number of aliphatic hydroxyl groups excluding tert-OH is 1. The number of amides is 1. The minimum atomic E-state index is -0.114. The van der Waals surface area contributed by atoms with Crippen molar-refractivity contribution in [3.63, 3.8) is 0 Å². The van der Waals surface area contributed by atoms with E-state index in [1.54, 1.807) is 6.07 Å². The zero-order valence-corrected chi connectivity index (χ0v) is 11.9. The summed E-state index contributed by atoms with van der Waals surface area (Å²) in [6.07, 6.45) is 0.556. The van der Waals surface area contributed by atoms with Crippen LogP contribution in [0.2, 0.25) is 0 Å².